The van der Waals surface area contributed by atoms with Gasteiger partial charge in [0, 0.05) is 16.5 Å². The lowest BCUT2D eigenvalue weighted by Gasteiger charge is -2.05. The third-order valence-electron chi connectivity index (χ3n) is 4.11. The second-order valence-electron chi connectivity index (χ2n) is 5.61. The Hall–Kier alpha value is -3.18. The highest BCUT2D eigenvalue weighted by Gasteiger charge is 2.28. The van der Waals surface area contributed by atoms with Crippen molar-refractivity contribution in [3.8, 4) is 0 Å². The minimum absolute atomic E-state index is 0.0324. The summed E-state index contributed by atoms with van der Waals surface area (Å²) < 4.78 is 0. The molecule has 0 spiro atoms. The first-order valence-electron chi connectivity index (χ1n) is 7.49. The number of hydrogen-bond donors (Lipinski definition) is 2. The van der Waals surface area contributed by atoms with Crippen molar-refractivity contribution in [2.45, 2.75) is 0 Å². The molecule has 0 bridgehead atoms. The molecule has 1 aliphatic rings. The van der Waals surface area contributed by atoms with E-state index in [9.17, 15) is 9.59 Å². The Morgan fingerprint density at radius 1 is 1.04 bits per heavy atom. The summed E-state index contributed by atoms with van der Waals surface area (Å²) in [5.74, 6) is -1.29. The number of hydrazone groups is 1. The summed E-state index contributed by atoms with van der Waals surface area (Å²) in [5, 5.41) is 15.4. The van der Waals surface area contributed by atoms with Gasteiger partial charge < -0.3 is 5.11 Å². The molecule has 0 atom stereocenters. The average Bonchev–Trinajstić information content (AvgIpc) is 2.88. The Morgan fingerprint density at radius 2 is 1.76 bits per heavy atom. The number of hydrogen-bond acceptors (Lipinski definition) is 4. The van der Waals surface area contributed by atoms with Crippen LogP contribution in [0.4, 0.5) is 5.69 Å². The molecule has 0 unspecified atom stereocenters. The van der Waals surface area contributed by atoms with E-state index in [-0.39, 0.29) is 16.4 Å². The summed E-state index contributed by atoms with van der Waals surface area (Å²) in [5.41, 5.74) is 4.85. The minimum Gasteiger partial charge on any atom is -0.478 e. The van der Waals surface area contributed by atoms with Crippen LogP contribution in [0, 0.1) is 0 Å². The second-order valence-corrected chi connectivity index (χ2v) is 6.02. The number of halogens is 1. The number of anilines is 1. The van der Waals surface area contributed by atoms with Gasteiger partial charge in [-0.05, 0) is 23.6 Å². The van der Waals surface area contributed by atoms with Crippen molar-refractivity contribution in [3.63, 3.8) is 0 Å². The molecule has 25 heavy (non-hydrogen) atoms. The predicted molar refractivity (Wildman–Crippen MR) is 96.8 cm³/mol. The van der Waals surface area contributed by atoms with Crippen LogP contribution in [-0.4, -0.2) is 22.6 Å². The average molecular weight is 351 g/mol. The Morgan fingerprint density at radius 3 is 2.48 bits per heavy atom. The lowest BCUT2D eigenvalue weighted by Crippen LogP contribution is -2.11. The molecule has 3 aromatic rings. The van der Waals surface area contributed by atoms with E-state index in [0.717, 1.165) is 16.3 Å². The zero-order valence-corrected chi connectivity index (χ0v) is 13.5. The number of ketones is 1. The fourth-order valence-corrected chi connectivity index (χ4v) is 3.17. The van der Waals surface area contributed by atoms with Crippen LogP contribution in [0.25, 0.3) is 10.8 Å². The van der Waals surface area contributed by atoms with Gasteiger partial charge in [0.15, 0.2) is 0 Å². The predicted octanol–water partition coefficient (Wildman–Crippen LogP) is 4.20. The van der Waals surface area contributed by atoms with Crippen LogP contribution in [0.3, 0.4) is 0 Å². The summed E-state index contributed by atoms with van der Waals surface area (Å²) in [6.45, 7) is 0. The van der Waals surface area contributed by atoms with Crippen molar-refractivity contribution in [1.82, 2.24) is 0 Å². The van der Waals surface area contributed by atoms with Crippen molar-refractivity contribution < 1.29 is 14.7 Å². The summed E-state index contributed by atoms with van der Waals surface area (Å²) in [6.07, 6.45) is 0. The summed E-state index contributed by atoms with van der Waals surface area (Å²) in [6, 6.07) is 15.7. The maximum atomic E-state index is 12.6. The minimum atomic E-state index is -1.13. The molecule has 0 fully saturated rings. The van der Waals surface area contributed by atoms with E-state index in [4.69, 9.17) is 16.7 Å². The first-order chi connectivity index (χ1) is 12.1. The van der Waals surface area contributed by atoms with Crippen molar-refractivity contribution in [1.29, 1.82) is 0 Å². The van der Waals surface area contributed by atoms with Gasteiger partial charge in [0.2, 0.25) is 5.78 Å². The number of carbonyl (C=O) groups is 2. The molecule has 6 heteroatoms. The van der Waals surface area contributed by atoms with Crippen LogP contribution < -0.4 is 5.43 Å². The van der Waals surface area contributed by atoms with Gasteiger partial charge >= 0.3 is 5.97 Å². The monoisotopic (exact) mass is 350 g/mol. The highest BCUT2D eigenvalue weighted by atomic mass is 35.5. The van der Waals surface area contributed by atoms with E-state index in [1.807, 2.05) is 30.3 Å². The van der Waals surface area contributed by atoms with Gasteiger partial charge in [-0.15, -0.1) is 0 Å². The fraction of sp³-hybridized carbons (Fsp3) is 0. The van der Waals surface area contributed by atoms with Gasteiger partial charge in [0.1, 0.15) is 5.71 Å². The first-order valence-corrected chi connectivity index (χ1v) is 7.87. The van der Waals surface area contributed by atoms with E-state index >= 15 is 0 Å². The number of carboxylic acids is 1. The third kappa shape index (κ3) is 2.45. The standard InChI is InChI=1S/C19H11ClN2O3/c20-15-8-7-11(9-14(15)19(24)25)21-22-17-12-5-1-3-10-4-2-6-13(16(10)12)18(17)23/h1-9,21H,(H,24,25)/b22-17+. The highest BCUT2D eigenvalue weighted by Crippen LogP contribution is 2.31. The number of Topliss-reactive ketones (excluding diaryl/α,β-unsaturated/α-hetero) is 1. The van der Waals surface area contributed by atoms with Gasteiger partial charge in [-0.3, -0.25) is 10.2 Å². The van der Waals surface area contributed by atoms with Crippen LogP contribution in [0.5, 0.6) is 0 Å². The number of nitrogens with one attached hydrogen (secondary N) is 1. The van der Waals surface area contributed by atoms with Crippen LogP contribution in [-0.2, 0) is 0 Å². The Labute approximate surface area is 147 Å². The maximum absolute atomic E-state index is 12.6. The zero-order chi connectivity index (χ0) is 17.6. The molecule has 2 N–H and O–H groups in total. The lowest BCUT2D eigenvalue weighted by molar-refractivity contribution is 0.0697. The summed E-state index contributed by atoms with van der Waals surface area (Å²) in [4.78, 5) is 23.8. The van der Waals surface area contributed by atoms with E-state index in [2.05, 4.69) is 10.5 Å². The third-order valence-corrected chi connectivity index (χ3v) is 4.44. The molecule has 0 radical (unpaired) electrons. The normalized spacial score (nSPS) is 14.3. The molecule has 0 aliphatic heterocycles. The zero-order valence-electron chi connectivity index (χ0n) is 12.8. The second kappa shape index (κ2) is 5.72. The molecule has 5 nitrogen and oxygen atoms in total. The molecule has 4 rings (SSSR count). The van der Waals surface area contributed by atoms with Gasteiger partial charge in [0.25, 0.3) is 0 Å². The molecule has 122 valence electrons. The lowest BCUT2D eigenvalue weighted by atomic mass is 10.1. The van der Waals surface area contributed by atoms with Crippen molar-refractivity contribution in [2.24, 2.45) is 5.10 Å². The number of carbonyl (C=O) groups excluding carboxylic acids is 1. The van der Waals surface area contributed by atoms with E-state index in [1.165, 1.54) is 12.1 Å². The van der Waals surface area contributed by atoms with Gasteiger partial charge in [-0.2, -0.15) is 5.10 Å². The van der Waals surface area contributed by atoms with E-state index in [0.29, 0.717) is 17.0 Å². The van der Waals surface area contributed by atoms with Crippen LogP contribution >= 0.6 is 11.6 Å². The van der Waals surface area contributed by atoms with Crippen molar-refractivity contribution in [3.05, 3.63) is 76.3 Å². The highest BCUT2D eigenvalue weighted by molar-refractivity contribution is 6.59. The molecular formula is C19H11ClN2O3. The fourth-order valence-electron chi connectivity index (χ4n) is 2.97. The molecule has 3 aromatic carbocycles. The Balaban J connectivity index is 1.75. The number of aromatic carboxylic acids is 1. The number of carboxylic acid groups (broad SMARTS) is 1. The molecule has 0 heterocycles. The Bertz CT molecular complexity index is 1080. The first kappa shape index (κ1) is 15.4. The van der Waals surface area contributed by atoms with Gasteiger partial charge in [0.05, 0.1) is 16.3 Å². The number of nitrogens with zero attached hydrogens (tertiary/aromatic N) is 1. The largest absolute Gasteiger partial charge is 0.478 e. The Kier molecular flexibility index (Phi) is 3.51. The SMILES string of the molecule is O=C(O)c1cc(N/N=C2/C(=O)c3cccc4cccc2c34)ccc1Cl. The quantitative estimate of drug-likeness (QED) is 0.694. The summed E-state index contributed by atoms with van der Waals surface area (Å²) >= 11 is 5.86. The van der Waals surface area contributed by atoms with Crippen LogP contribution in [0.1, 0.15) is 26.3 Å². The maximum Gasteiger partial charge on any atom is 0.337 e. The molecule has 0 saturated heterocycles. The molecule has 0 aromatic heterocycles. The molecule has 1 aliphatic carbocycles. The van der Waals surface area contributed by atoms with E-state index < -0.39 is 5.97 Å². The van der Waals surface area contributed by atoms with E-state index in [1.54, 1.807) is 12.1 Å². The van der Waals surface area contributed by atoms with Crippen LogP contribution in [0.15, 0.2) is 59.7 Å². The van der Waals surface area contributed by atoms with Gasteiger partial charge in [-0.1, -0.05) is 48.0 Å². The molecule has 0 saturated carbocycles. The topological polar surface area (TPSA) is 78.8 Å². The molecule has 0 amide bonds. The van der Waals surface area contributed by atoms with Crippen molar-refractivity contribution in [2.75, 3.05) is 5.43 Å². The number of benzene rings is 3. The molecular weight excluding hydrogens is 340 g/mol. The van der Waals surface area contributed by atoms with Crippen LogP contribution in [0.2, 0.25) is 5.02 Å². The van der Waals surface area contributed by atoms with Gasteiger partial charge in [-0.25, -0.2) is 4.79 Å². The smallest absolute Gasteiger partial charge is 0.337 e. The van der Waals surface area contributed by atoms with Crippen molar-refractivity contribution >= 4 is 45.5 Å². The summed E-state index contributed by atoms with van der Waals surface area (Å²) in [7, 11) is 0. The number of rotatable bonds is 3.